The van der Waals surface area contributed by atoms with Crippen LogP contribution in [0.1, 0.15) is 17.7 Å². The van der Waals surface area contributed by atoms with Gasteiger partial charge in [0.15, 0.2) is 0 Å². The quantitative estimate of drug-likeness (QED) is 0.790. The Labute approximate surface area is 124 Å². The highest BCUT2D eigenvalue weighted by Gasteiger charge is 2.08. The molecule has 0 unspecified atom stereocenters. The molecule has 0 saturated carbocycles. The summed E-state index contributed by atoms with van der Waals surface area (Å²) in [6, 6.07) is 6.19. The molecule has 2 aromatic rings. The van der Waals surface area contributed by atoms with Crippen molar-refractivity contribution in [3.63, 3.8) is 0 Å². The van der Waals surface area contributed by atoms with E-state index in [1.54, 1.807) is 11.3 Å². The molecule has 1 aromatic heterocycles. The highest BCUT2D eigenvalue weighted by molar-refractivity contribution is 9.10. The molecule has 0 bridgehead atoms. The zero-order valence-corrected chi connectivity index (χ0v) is 13.2. The lowest BCUT2D eigenvalue weighted by atomic mass is 10.1. The van der Waals surface area contributed by atoms with Gasteiger partial charge in [-0.1, -0.05) is 28.1 Å². The van der Waals surface area contributed by atoms with E-state index in [1.807, 2.05) is 5.38 Å². The molecule has 0 fully saturated rings. The average molecular weight is 340 g/mol. The second kappa shape index (κ2) is 6.30. The molecular formula is C14H14BrNO2S. The first-order valence-corrected chi connectivity index (χ1v) is 7.55. The molecular weight excluding hydrogens is 326 g/mol. The second-order valence-electron chi connectivity index (χ2n) is 4.18. The van der Waals surface area contributed by atoms with E-state index >= 15 is 0 Å². The van der Waals surface area contributed by atoms with Crippen molar-refractivity contribution >= 4 is 33.2 Å². The number of rotatable bonds is 4. The molecule has 100 valence electrons. The van der Waals surface area contributed by atoms with E-state index in [2.05, 4.69) is 50.8 Å². The number of hydrogen-bond donors (Lipinski definition) is 0. The lowest BCUT2D eigenvalue weighted by Gasteiger charge is -2.01. The fraction of sp³-hybridized carbons (Fsp3) is 0.286. The molecule has 2 rings (SSSR count). The van der Waals surface area contributed by atoms with Gasteiger partial charge in [-0.3, -0.25) is 4.79 Å². The lowest BCUT2D eigenvalue weighted by Crippen LogP contribution is -2.01. The molecule has 0 saturated heterocycles. The largest absolute Gasteiger partial charge is 0.469 e. The smallest absolute Gasteiger partial charge is 0.305 e. The third kappa shape index (κ3) is 3.64. The summed E-state index contributed by atoms with van der Waals surface area (Å²) in [5.74, 6) is -0.201. The highest BCUT2D eigenvalue weighted by Crippen LogP contribution is 2.28. The van der Waals surface area contributed by atoms with Gasteiger partial charge in [-0.05, 0) is 18.6 Å². The summed E-state index contributed by atoms with van der Waals surface area (Å²) >= 11 is 5.12. The fourth-order valence-corrected chi connectivity index (χ4v) is 2.84. The Morgan fingerprint density at radius 1 is 1.47 bits per heavy atom. The second-order valence-corrected chi connectivity index (χ2v) is 5.90. The Bertz CT molecular complexity index is 595. The Morgan fingerprint density at radius 3 is 2.95 bits per heavy atom. The topological polar surface area (TPSA) is 39.2 Å². The zero-order valence-electron chi connectivity index (χ0n) is 10.8. The first-order chi connectivity index (χ1) is 9.10. The van der Waals surface area contributed by atoms with Crippen molar-refractivity contribution in [2.75, 3.05) is 7.11 Å². The van der Waals surface area contributed by atoms with E-state index in [0.717, 1.165) is 20.7 Å². The van der Waals surface area contributed by atoms with Gasteiger partial charge in [-0.15, -0.1) is 11.3 Å². The number of nitrogens with zero attached hydrogens (tertiary/aromatic N) is 1. The maximum absolute atomic E-state index is 11.1. The Balaban J connectivity index is 2.12. The Morgan fingerprint density at radius 2 is 2.26 bits per heavy atom. The summed E-state index contributed by atoms with van der Waals surface area (Å²) in [5, 5.41) is 2.96. The van der Waals surface area contributed by atoms with Gasteiger partial charge < -0.3 is 4.74 Å². The fourth-order valence-electron chi connectivity index (χ4n) is 1.61. The summed E-state index contributed by atoms with van der Waals surface area (Å²) in [5.41, 5.74) is 3.22. The van der Waals surface area contributed by atoms with Crippen LogP contribution in [0.5, 0.6) is 0 Å². The van der Waals surface area contributed by atoms with Crippen molar-refractivity contribution < 1.29 is 9.53 Å². The molecule has 0 aliphatic heterocycles. The van der Waals surface area contributed by atoms with Crippen molar-refractivity contribution in [3.05, 3.63) is 39.3 Å². The van der Waals surface area contributed by atoms with E-state index in [1.165, 1.54) is 12.7 Å². The number of hydrogen-bond acceptors (Lipinski definition) is 4. The summed E-state index contributed by atoms with van der Waals surface area (Å²) in [7, 11) is 1.40. The van der Waals surface area contributed by atoms with E-state index in [-0.39, 0.29) is 5.97 Å². The third-order valence-electron chi connectivity index (χ3n) is 2.78. The van der Waals surface area contributed by atoms with Crippen LogP contribution in [0.25, 0.3) is 10.6 Å². The number of carbonyl (C=O) groups is 1. The van der Waals surface area contributed by atoms with E-state index < -0.39 is 0 Å². The molecule has 19 heavy (non-hydrogen) atoms. The van der Waals surface area contributed by atoms with Crippen LogP contribution in [0.15, 0.2) is 28.1 Å². The lowest BCUT2D eigenvalue weighted by molar-refractivity contribution is -0.140. The normalized spacial score (nSPS) is 10.5. The number of thiazole rings is 1. The maximum atomic E-state index is 11.1. The number of aromatic nitrogens is 1. The van der Waals surface area contributed by atoms with Crippen LogP contribution in [0.4, 0.5) is 0 Å². The number of methoxy groups -OCH3 is 1. The van der Waals surface area contributed by atoms with Crippen LogP contribution >= 0.6 is 27.3 Å². The summed E-state index contributed by atoms with van der Waals surface area (Å²) in [4.78, 5) is 15.6. The van der Waals surface area contributed by atoms with Crippen LogP contribution in [0.3, 0.4) is 0 Å². The number of benzene rings is 1. The SMILES string of the molecule is COC(=O)CCc1csc(-c2ccc(C)c(Br)c2)n1. The summed E-state index contributed by atoms with van der Waals surface area (Å²) in [6.07, 6.45) is 0.994. The van der Waals surface area contributed by atoms with Gasteiger partial charge in [0.25, 0.3) is 0 Å². The van der Waals surface area contributed by atoms with E-state index in [0.29, 0.717) is 12.8 Å². The average Bonchev–Trinajstić information content (AvgIpc) is 2.88. The third-order valence-corrected chi connectivity index (χ3v) is 4.58. The predicted octanol–water partition coefficient (Wildman–Crippen LogP) is 3.99. The predicted molar refractivity (Wildman–Crippen MR) is 80.3 cm³/mol. The molecule has 0 aliphatic rings. The van der Waals surface area contributed by atoms with Crippen LogP contribution in [-0.4, -0.2) is 18.1 Å². The van der Waals surface area contributed by atoms with Crippen LogP contribution in [0, 0.1) is 6.92 Å². The molecule has 1 aromatic carbocycles. The van der Waals surface area contributed by atoms with E-state index in [9.17, 15) is 4.79 Å². The van der Waals surface area contributed by atoms with Gasteiger partial charge in [-0.2, -0.15) is 0 Å². The molecule has 1 heterocycles. The van der Waals surface area contributed by atoms with Crippen LogP contribution in [-0.2, 0) is 16.0 Å². The maximum Gasteiger partial charge on any atom is 0.305 e. The van der Waals surface area contributed by atoms with Gasteiger partial charge in [-0.25, -0.2) is 4.98 Å². The van der Waals surface area contributed by atoms with Gasteiger partial charge >= 0.3 is 5.97 Å². The zero-order chi connectivity index (χ0) is 13.8. The molecule has 0 radical (unpaired) electrons. The van der Waals surface area contributed by atoms with Crippen LogP contribution < -0.4 is 0 Å². The first-order valence-electron chi connectivity index (χ1n) is 5.88. The van der Waals surface area contributed by atoms with Gasteiger partial charge in [0.05, 0.1) is 19.2 Å². The molecule has 0 N–H and O–H groups in total. The number of esters is 1. The standard InChI is InChI=1S/C14H14BrNO2S/c1-9-3-4-10(7-12(9)15)14-16-11(8-19-14)5-6-13(17)18-2/h3-4,7-8H,5-6H2,1-2H3. The van der Waals surface area contributed by atoms with Crippen LogP contribution in [0.2, 0.25) is 0 Å². The monoisotopic (exact) mass is 339 g/mol. The van der Waals surface area contributed by atoms with Gasteiger partial charge in [0, 0.05) is 21.8 Å². The number of aryl methyl sites for hydroxylation is 2. The minimum absolute atomic E-state index is 0.201. The minimum atomic E-state index is -0.201. The van der Waals surface area contributed by atoms with Crippen molar-refractivity contribution in [1.82, 2.24) is 4.98 Å². The highest BCUT2D eigenvalue weighted by atomic mass is 79.9. The number of ether oxygens (including phenoxy) is 1. The minimum Gasteiger partial charge on any atom is -0.469 e. The van der Waals surface area contributed by atoms with Crippen molar-refractivity contribution in [2.24, 2.45) is 0 Å². The molecule has 3 nitrogen and oxygen atoms in total. The number of halogens is 1. The summed E-state index contributed by atoms with van der Waals surface area (Å²) in [6.45, 7) is 2.05. The first kappa shape index (κ1) is 14.2. The summed E-state index contributed by atoms with van der Waals surface area (Å²) < 4.78 is 5.70. The Hall–Kier alpha value is -1.20. The molecule has 0 amide bonds. The van der Waals surface area contributed by atoms with Gasteiger partial charge in [0.1, 0.15) is 5.01 Å². The molecule has 0 atom stereocenters. The van der Waals surface area contributed by atoms with E-state index in [4.69, 9.17) is 0 Å². The molecule has 5 heteroatoms. The van der Waals surface area contributed by atoms with Crippen molar-refractivity contribution in [1.29, 1.82) is 0 Å². The van der Waals surface area contributed by atoms with Crippen molar-refractivity contribution in [2.45, 2.75) is 19.8 Å². The van der Waals surface area contributed by atoms with Gasteiger partial charge in [0.2, 0.25) is 0 Å². The Kier molecular flexibility index (Phi) is 4.71. The molecule has 0 spiro atoms. The van der Waals surface area contributed by atoms with Crippen molar-refractivity contribution in [3.8, 4) is 10.6 Å². The number of carbonyl (C=O) groups excluding carboxylic acids is 1. The molecule has 0 aliphatic carbocycles.